The molecule has 2 heterocycles. The molecule has 0 aliphatic heterocycles. The first-order chi connectivity index (χ1) is 8.20. The highest BCUT2D eigenvalue weighted by molar-refractivity contribution is 9.10. The fourth-order valence-corrected chi connectivity index (χ4v) is 1.71. The van der Waals surface area contributed by atoms with Crippen LogP contribution >= 0.6 is 15.9 Å². The summed E-state index contributed by atoms with van der Waals surface area (Å²) in [5.41, 5.74) is 1.56. The van der Waals surface area contributed by atoms with Crippen molar-refractivity contribution in [2.75, 3.05) is 5.32 Å². The van der Waals surface area contributed by atoms with Crippen molar-refractivity contribution >= 4 is 27.5 Å². The highest BCUT2D eigenvalue weighted by Crippen LogP contribution is 2.16. The Morgan fingerprint density at radius 1 is 1.59 bits per heavy atom. The van der Waals surface area contributed by atoms with Gasteiger partial charge in [0.1, 0.15) is 5.69 Å². The van der Waals surface area contributed by atoms with Gasteiger partial charge in [-0.1, -0.05) is 0 Å². The summed E-state index contributed by atoms with van der Waals surface area (Å²) >= 11 is 3.25. The summed E-state index contributed by atoms with van der Waals surface area (Å²) in [4.78, 5) is 18.5. The zero-order chi connectivity index (χ0) is 12.3. The Morgan fingerprint density at radius 2 is 2.41 bits per heavy atom. The number of rotatable bonds is 3. The van der Waals surface area contributed by atoms with Crippen LogP contribution in [0.2, 0.25) is 0 Å². The largest absolute Gasteiger partial charge is 0.392 e. The van der Waals surface area contributed by atoms with Crippen LogP contribution in [-0.2, 0) is 6.61 Å². The first kappa shape index (κ1) is 11.8. The van der Waals surface area contributed by atoms with Crippen molar-refractivity contribution < 1.29 is 9.90 Å². The molecule has 88 valence electrons. The van der Waals surface area contributed by atoms with Gasteiger partial charge in [0.25, 0.3) is 5.91 Å². The molecule has 17 heavy (non-hydrogen) atoms. The number of pyridine rings is 1. The van der Waals surface area contributed by atoms with E-state index in [1.165, 1.54) is 6.20 Å². The lowest BCUT2D eigenvalue weighted by molar-refractivity contribution is 0.102. The van der Waals surface area contributed by atoms with Gasteiger partial charge in [0.15, 0.2) is 0 Å². The smallest absolute Gasteiger partial charge is 0.272 e. The summed E-state index contributed by atoms with van der Waals surface area (Å²) in [5, 5.41) is 11.8. The number of hydrogen-bond donors (Lipinski definition) is 3. The van der Waals surface area contributed by atoms with Crippen LogP contribution in [-0.4, -0.2) is 21.0 Å². The molecule has 2 aromatic heterocycles. The number of hydrogen-bond acceptors (Lipinski definition) is 3. The van der Waals surface area contributed by atoms with Crippen LogP contribution in [0, 0.1) is 0 Å². The topological polar surface area (TPSA) is 78.0 Å². The van der Waals surface area contributed by atoms with Crippen molar-refractivity contribution in [1.82, 2.24) is 9.97 Å². The van der Waals surface area contributed by atoms with Crippen molar-refractivity contribution in [2.45, 2.75) is 6.61 Å². The fourth-order valence-electron chi connectivity index (χ4n) is 1.36. The minimum Gasteiger partial charge on any atom is -0.392 e. The Labute approximate surface area is 106 Å². The monoisotopic (exact) mass is 295 g/mol. The molecule has 0 unspecified atom stereocenters. The Morgan fingerprint density at radius 3 is 3.06 bits per heavy atom. The van der Waals surface area contributed by atoms with E-state index in [-0.39, 0.29) is 12.5 Å². The number of nitrogens with zero attached hydrogens (tertiary/aromatic N) is 1. The molecule has 0 aliphatic rings. The Hall–Kier alpha value is -1.66. The predicted molar refractivity (Wildman–Crippen MR) is 66.6 cm³/mol. The summed E-state index contributed by atoms with van der Waals surface area (Å²) in [6, 6.07) is 3.32. The van der Waals surface area contributed by atoms with Crippen LogP contribution in [0.25, 0.3) is 0 Å². The normalized spacial score (nSPS) is 10.2. The van der Waals surface area contributed by atoms with Gasteiger partial charge in [-0.2, -0.15) is 0 Å². The first-order valence-electron chi connectivity index (χ1n) is 4.89. The highest BCUT2D eigenvalue weighted by atomic mass is 79.9. The maximum Gasteiger partial charge on any atom is 0.272 e. The number of amides is 1. The molecule has 0 atom stereocenters. The minimum absolute atomic E-state index is 0.146. The quantitative estimate of drug-likeness (QED) is 0.809. The van der Waals surface area contributed by atoms with Gasteiger partial charge in [0, 0.05) is 22.4 Å². The van der Waals surface area contributed by atoms with Gasteiger partial charge in [-0.15, -0.1) is 0 Å². The lowest BCUT2D eigenvalue weighted by Crippen LogP contribution is -2.13. The van der Waals surface area contributed by atoms with Crippen molar-refractivity contribution in [2.24, 2.45) is 0 Å². The fraction of sp³-hybridized carbons (Fsp3) is 0.0909. The van der Waals surface area contributed by atoms with E-state index < -0.39 is 0 Å². The number of anilines is 1. The molecule has 0 aromatic carbocycles. The van der Waals surface area contributed by atoms with E-state index in [1.54, 1.807) is 24.5 Å². The molecular formula is C11H10BrN3O2. The molecule has 5 nitrogen and oxygen atoms in total. The minimum atomic E-state index is -0.279. The van der Waals surface area contributed by atoms with E-state index in [2.05, 4.69) is 31.2 Å². The average molecular weight is 296 g/mol. The maximum absolute atomic E-state index is 11.8. The van der Waals surface area contributed by atoms with Crippen LogP contribution in [0.3, 0.4) is 0 Å². The average Bonchev–Trinajstić information content (AvgIpc) is 2.77. The molecular weight excluding hydrogens is 286 g/mol. The van der Waals surface area contributed by atoms with Crippen LogP contribution in [0.4, 0.5) is 5.69 Å². The molecule has 2 aromatic rings. The zero-order valence-corrected chi connectivity index (χ0v) is 10.4. The summed E-state index contributed by atoms with van der Waals surface area (Å²) in [5.74, 6) is -0.279. The maximum atomic E-state index is 11.8. The number of aromatic nitrogens is 2. The van der Waals surface area contributed by atoms with Crippen molar-refractivity contribution in [1.29, 1.82) is 0 Å². The Bertz CT molecular complexity index is 539. The molecule has 0 saturated carbocycles. The van der Waals surface area contributed by atoms with Gasteiger partial charge in [0.2, 0.25) is 0 Å². The predicted octanol–water partition coefficient (Wildman–Crippen LogP) is 1.92. The molecule has 0 fully saturated rings. The lowest BCUT2D eigenvalue weighted by Gasteiger charge is -2.07. The summed E-state index contributed by atoms with van der Waals surface area (Å²) in [7, 11) is 0. The number of carbonyl (C=O) groups is 1. The number of halogens is 1. The highest BCUT2D eigenvalue weighted by Gasteiger charge is 2.10. The third-order valence-corrected chi connectivity index (χ3v) is 2.68. The van der Waals surface area contributed by atoms with E-state index in [1.807, 2.05) is 0 Å². The van der Waals surface area contributed by atoms with E-state index in [4.69, 9.17) is 5.11 Å². The van der Waals surface area contributed by atoms with Crippen molar-refractivity contribution in [3.05, 3.63) is 46.5 Å². The van der Waals surface area contributed by atoms with Gasteiger partial charge in [-0.05, 0) is 28.1 Å². The zero-order valence-electron chi connectivity index (χ0n) is 8.77. The van der Waals surface area contributed by atoms with Crippen LogP contribution in [0.1, 0.15) is 16.1 Å². The number of H-pyrrole nitrogens is 1. The number of aliphatic hydroxyl groups excluding tert-OH is 1. The number of aromatic amines is 1. The van der Waals surface area contributed by atoms with Crippen LogP contribution < -0.4 is 5.32 Å². The lowest BCUT2D eigenvalue weighted by atomic mass is 10.2. The molecule has 6 heteroatoms. The number of carbonyl (C=O) groups excluding carboxylic acids is 1. The van der Waals surface area contributed by atoms with Gasteiger partial charge in [0.05, 0.1) is 18.5 Å². The SMILES string of the molecule is O=C(Nc1cnccc1CO)c1cc(Br)c[nH]1. The summed E-state index contributed by atoms with van der Waals surface area (Å²) in [6.07, 6.45) is 4.74. The molecule has 2 rings (SSSR count). The van der Waals surface area contributed by atoms with Crippen molar-refractivity contribution in [3.63, 3.8) is 0 Å². The van der Waals surface area contributed by atoms with Crippen LogP contribution in [0.5, 0.6) is 0 Å². The van der Waals surface area contributed by atoms with Crippen molar-refractivity contribution in [3.8, 4) is 0 Å². The second kappa shape index (κ2) is 5.11. The van der Waals surface area contributed by atoms with E-state index in [0.717, 1.165) is 4.47 Å². The van der Waals surface area contributed by atoms with E-state index in [0.29, 0.717) is 16.9 Å². The molecule has 0 saturated heterocycles. The Balaban J connectivity index is 2.18. The third kappa shape index (κ3) is 2.72. The van der Waals surface area contributed by atoms with Gasteiger partial charge in [-0.3, -0.25) is 9.78 Å². The first-order valence-corrected chi connectivity index (χ1v) is 5.69. The molecule has 0 spiro atoms. The molecule has 0 radical (unpaired) electrons. The summed E-state index contributed by atoms with van der Waals surface area (Å²) in [6.45, 7) is -0.146. The summed E-state index contributed by atoms with van der Waals surface area (Å²) < 4.78 is 0.802. The molecule has 0 aliphatic carbocycles. The second-order valence-electron chi connectivity index (χ2n) is 3.38. The van der Waals surface area contributed by atoms with E-state index >= 15 is 0 Å². The number of nitrogens with one attached hydrogen (secondary N) is 2. The van der Waals surface area contributed by atoms with Gasteiger partial charge in [-0.25, -0.2) is 0 Å². The molecule has 1 amide bonds. The Kier molecular flexibility index (Phi) is 3.55. The van der Waals surface area contributed by atoms with E-state index in [9.17, 15) is 4.79 Å². The second-order valence-corrected chi connectivity index (χ2v) is 4.29. The standard InChI is InChI=1S/C11H10BrN3O2/c12-8-3-9(14-4-8)11(17)15-10-5-13-2-1-7(10)6-16/h1-5,14,16H,6H2,(H,15,17). The molecule has 0 bridgehead atoms. The number of aliphatic hydroxyl groups is 1. The third-order valence-electron chi connectivity index (χ3n) is 2.22. The molecule has 3 N–H and O–H groups in total. The van der Waals surface area contributed by atoms with Gasteiger partial charge < -0.3 is 15.4 Å². The van der Waals surface area contributed by atoms with Gasteiger partial charge >= 0.3 is 0 Å². The van der Waals surface area contributed by atoms with Crippen LogP contribution in [0.15, 0.2) is 35.2 Å².